The van der Waals surface area contributed by atoms with E-state index in [2.05, 4.69) is 21.7 Å². The second-order valence-corrected chi connectivity index (χ2v) is 5.36. The molecule has 1 atom stereocenters. The molecular formula is C15H17N5O3. The number of aromatic amines is 2. The molecule has 0 bridgehead atoms. The number of anilines is 1. The van der Waals surface area contributed by atoms with Gasteiger partial charge < -0.3 is 21.4 Å². The first-order valence-electron chi connectivity index (χ1n) is 7.27. The van der Waals surface area contributed by atoms with Crippen molar-refractivity contribution in [2.75, 3.05) is 18.8 Å². The largest absolute Gasteiger partial charge is 0.392 e. The predicted octanol–water partition coefficient (Wildman–Crippen LogP) is -0.738. The summed E-state index contributed by atoms with van der Waals surface area (Å²) in [7, 11) is 0. The molecule has 8 nitrogen and oxygen atoms in total. The van der Waals surface area contributed by atoms with Crippen molar-refractivity contribution in [3.63, 3.8) is 0 Å². The maximum atomic E-state index is 12.2. The summed E-state index contributed by atoms with van der Waals surface area (Å²) in [5, 5.41) is 6.03. The van der Waals surface area contributed by atoms with Crippen LogP contribution in [0, 0.1) is 0 Å². The first-order valence-corrected chi connectivity index (χ1v) is 7.27. The highest BCUT2D eigenvalue weighted by Crippen LogP contribution is 2.21. The van der Waals surface area contributed by atoms with Crippen LogP contribution in [0.5, 0.6) is 0 Å². The van der Waals surface area contributed by atoms with Gasteiger partial charge in [0.2, 0.25) is 0 Å². The van der Waals surface area contributed by atoms with Gasteiger partial charge in [-0.2, -0.15) is 0 Å². The van der Waals surface area contributed by atoms with Gasteiger partial charge in [0.15, 0.2) is 0 Å². The lowest BCUT2D eigenvalue weighted by atomic mass is 9.94. The monoisotopic (exact) mass is 315 g/mol. The second-order valence-electron chi connectivity index (χ2n) is 5.36. The van der Waals surface area contributed by atoms with E-state index in [0.717, 1.165) is 18.5 Å². The third-order valence-electron chi connectivity index (χ3n) is 3.89. The van der Waals surface area contributed by atoms with Crippen LogP contribution in [0.2, 0.25) is 0 Å². The molecule has 8 heteroatoms. The van der Waals surface area contributed by atoms with Gasteiger partial charge in [-0.15, -0.1) is 0 Å². The number of carbonyl (C=O) groups excluding carboxylic acids is 1. The number of H-pyrrole nitrogens is 2. The smallest absolute Gasteiger partial charge is 0.326 e. The molecule has 6 N–H and O–H groups in total. The lowest BCUT2D eigenvalue weighted by Crippen LogP contribution is -2.40. The van der Waals surface area contributed by atoms with Crippen LogP contribution in [0.25, 0.3) is 0 Å². The summed E-state index contributed by atoms with van der Waals surface area (Å²) < 4.78 is 0. The molecule has 1 aromatic heterocycles. The van der Waals surface area contributed by atoms with Gasteiger partial charge in [0.1, 0.15) is 11.4 Å². The number of hydrogen-bond donors (Lipinski definition) is 5. The zero-order valence-electron chi connectivity index (χ0n) is 12.3. The molecule has 0 saturated heterocycles. The zero-order chi connectivity index (χ0) is 16.4. The minimum Gasteiger partial charge on any atom is -0.392 e. The van der Waals surface area contributed by atoms with Crippen LogP contribution in [0.1, 0.15) is 27.7 Å². The lowest BCUT2D eigenvalue weighted by molar-refractivity contribution is 0.0944. The third kappa shape index (κ3) is 3.02. The first-order chi connectivity index (χ1) is 11.1. The molecule has 0 aliphatic carbocycles. The summed E-state index contributed by atoms with van der Waals surface area (Å²) in [5.74, 6) is -0.587. The summed E-state index contributed by atoms with van der Waals surface area (Å²) in [5.41, 5.74) is 5.85. The minimum atomic E-state index is -0.778. The van der Waals surface area contributed by atoms with E-state index in [1.54, 1.807) is 0 Å². The molecule has 2 heterocycles. The Balaban J connectivity index is 1.76. The SMILES string of the molecule is Nc1c(C(=O)NCC2NCCc3ccccc32)[nH]c(=O)[nH]c1=O. The van der Waals surface area contributed by atoms with Gasteiger partial charge in [0.05, 0.1) is 0 Å². The maximum absolute atomic E-state index is 12.2. The van der Waals surface area contributed by atoms with E-state index in [1.807, 2.05) is 23.2 Å². The summed E-state index contributed by atoms with van der Waals surface area (Å²) in [6, 6.07) is 7.99. The Morgan fingerprint density at radius 3 is 2.87 bits per heavy atom. The van der Waals surface area contributed by atoms with Crippen LogP contribution >= 0.6 is 0 Å². The van der Waals surface area contributed by atoms with E-state index in [4.69, 9.17) is 5.73 Å². The summed E-state index contributed by atoms with van der Waals surface area (Å²) in [6.45, 7) is 1.14. The van der Waals surface area contributed by atoms with Gasteiger partial charge in [-0.1, -0.05) is 24.3 Å². The molecular weight excluding hydrogens is 298 g/mol. The molecule has 3 rings (SSSR count). The number of nitrogens with one attached hydrogen (secondary N) is 4. The number of rotatable bonds is 3. The van der Waals surface area contributed by atoms with Crippen molar-refractivity contribution in [1.29, 1.82) is 0 Å². The third-order valence-corrected chi connectivity index (χ3v) is 3.89. The highest BCUT2D eigenvalue weighted by atomic mass is 16.2. The topological polar surface area (TPSA) is 133 Å². The van der Waals surface area contributed by atoms with E-state index in [1.165, 1.54) is 5.56 Å². The van der Waals surface area contributed by atoms with Crippen LogP contribution in [0.4, 0.5) is 5.69 Å². The Hall–Kier alpha value is -2.87. The summed E-state index contributed by atoms with van der Waals surface area (Å²) in [4.78, 5) is 39.1. The van der Waals surface area contributed by atoms with Crippen molar-refractivity contribution >= 4 is 11.6 Å². The predicted molar refractivity (Wildman–Crippen MR) is 85.3 cm³/mol. The van der Waals surface area contributed by atoms with E-state index in [-0.39, 0.29) is 17.4 Å². The minimum absolute atomic E-state index is 0.0288. The van der Waals surface area contributed by atoms with Gasteiger partial charge in [-0.05, 0) is 24.1 Å². The number of hydrogen-bond acceptors (Lipinski definition) is 5. The van der Waals surface area contributed by atoms with Crippen LogP contribution in [0.15, 0.2) is 33.9 Å². The summed E-state index contributed by atoms with van der Waals surface area (Å²) >= 11 is 0. The molecule has 1 aliphatic rings. The molecule has 120 valence electrons. The highest BCUT2D eigenvalue weighted by molar-refractivity contribution is 5.96. The van der Waals surface area contributed by atoms with Crippen molar-refractivity contribution in [3.8, 4) is 0 Å². The molecule has 1 unspecified atom stereocenters. The quantitative estimate of drug-likeness (QED) is 0.509. The molecule has 0 radical (unpaired) electrons. The summed E-state index contributed by atoms with van der Waals surface area (Å²) in [6.07, 6.45) is 0.939. The van der Waals surface area contributed by atoms with E-state index < -0.39 is 17.2 Å². The Morgan fingerprint density at radius 2 is 2.04 bits per heavy atom. The molecule has 23 heavy (non-hydrogen) atoms. The van der Waals surface area contributed by atoms with Crippen LogP contribution in [-0.4, -0.2) is 29.0 Å². The van der Waals surface area contributed by atoms with E-state index in [9.17, 15) is 14.4 Å². The van der Waals surface area contributed by atoms with E-state index >= 15 is 0 Å². The molecule has 0 fully saturated rings. The normalized spacial score (nSPS) is 16.6. The molecule has 1 amide bonds. The fraction of sp³-hybridized carbons (Fsp3) is 0.267. The maximum Gasteiger partial charge on any atom is 0.326 e. The van der Waals surface area contributed by atoms with Crippen molar-refractivity contribution in [2.24, 2.45) is 0 Å². The number of benzene rings is 1. The van der Waals surface area contributed by atoms with Crippen LogP contribution < -0.4 is 27.6 Å². The van der Waals surface area contributed by atoms with Gasteiger partial charge in [-0.3, -0.25) is 14.6 Å². The van der Waals surface area contributed by atoms with Crippen LogP contribution in [-0.2, 0) is 6.42 Å². The average molecular weight is 315 g/mol. The highest BCUT2D eigenvalue weighted by Gasteiger charge is 2.21. The molecule has 1 aliphatic heterocycles. The second kappa shape index (κ2) is 6.09. The lowest BCUT2D eigenvalue weighted by Gasteiger charge is -2.27. The van der Waals surface area contributed by atoms with Gasteiger partial charge in [0, 0.05) is 12.6 Å². The molecule has 0 spiro atoms. The molecule has 2 aromatic rings. The Labute approximate surface area is 131 Å². The Bertz CT molecular complexity index is 855. The number of nitrogen functional groups attached to an aromatic ring is 1. The number of amides is 1. The number of fused-ring (bicyclic) bond motifs is 1. The van der Waals surface area contributed by atoms with Crippen molar-refractivity contribution in [3.05, 3.63) is 61.9 Å². The van der Waals surface area contributed by atoms with Gasteiger partial charge in [0.25, 0.3) is 11.5 Å². The van der Waals surface area contributed by atoms with Gasteiger partial charge >= 0.3 is 5.69 Å². The number of carbonyl (C=O) groups is 1. The van der Waals surface area contributed by atoms with Gasteiger partial charge in [-0.25, -0.2) is 4.79 Å². The standard InChI is InChI=1S/C15H17N5O3/c16-11-12(19-15(23)20-13(11)21)14(22)18-7-10-9-4-2-1-3-8(9)5-6-17-10/h1-4,10,17H,5-7,16H2,(H,18,22)(H2,19,20,21,23). The van der Waals surface area contributed by atoms with E-state index in [0.29, 0.717) is 6.54 Å². The average Bonchev–Trinajstić information content (AvgIpc) is 2.55. The first kappa shape index (κ1) is 15.0. The zero-order valence-corrected chi connectivity index (χ0v) is 12.3. The van der Waals surface area contributed by atoms with Crippen molar-refractivity contribution in [1.82, 2.24) is 20.6 Å². The number of nitrogens with two attached hydrogens (primary N) is 1. The Morgan fingerprint density at radius 1 is 1.26 bits per heavy atom. The fourth-order valence-corrected chi connectivity index (χ4v) is 2.73. The molecule has 0 saturated carbocycles. The molecule has 1 aromatic carbocycles. The fourth-order valence-electron chi connectivity index (χ4n) is 2.73. The van der Waals surface area contributed by atoms with Crippen LogP contribution in [0.3, 0.4) is 0 Å². The van der Waals surface area contributed by atoms with Crippen molar-refractivity contribution in [2.45, 2.75) is 12.5 Å². The number of aromatic nitrogens is 2. The van der Waals surface area contributed by atoms with Crippen molar-refractivity contribution < 1.29 is 4.79 Å². The Kier molecular flexibility index (Phi) is 3.98.